The van der Waals surface area contributed by atoms with E-state index in [4.69, 9.17) is 0 Å². The molecule has 0 heterocycles. The van der Waals surface area contributed by atoms with Crippen LogP contribution in [0.15, 0.2) is 83.3 Å². The van der Waals surface area contributed by atoms with Crippen LogP contribution in [-0.4, -0.2) is 11.8 Å². The average molecular weight is 395 g/mol. The molecule has 25 heavy (non-hydrogen) atoms. The van der Waals surface area contributed by atoms with E-state index in [9.17, 15) is 9.59 Å². The van der Waals surface area contributed by atoms with E-state index < -0.39 is 0 Å². The topological polar surface area (TPSA) is 58.2 Å². The standard InChI is InChI=1S/C20H15BrN2O2/c21-18-9-5-4-8-17(18)20(25)23-22-19(24)16-12-10-15(11-13-16)14-6-2-1-3-7-14/h1-13H,(H,22,24)(H,23,25). The van der Waals surface area contributed by atoms with Crippen molar-refractivity contribution in [3.8, 4) is 11.1 Å². The van der Waals surface area contributed by atoms with Gasteiger partial charge >= 0.3 is 0 Å². The van der Waals surface area contributed by atoms with Crippen LogP contribution in [0, 0.1) is 0 Å². The number of hydrogen-bond acceptors (Lipinski definition) is 2. The lowest BCUT2D eigenvalue weighted by Crippen LogP contribution is -2.41. The molecule has 0 aliphatic heterocycles. The molecule has 2 amide bonds. The van der Waals surface area contributed by atoms with Gasteiger partial charge in [-0.25, -0.2) is 0 Å². The van der Waals surface area contributed by atoms with Gasteiger partial charge in [0.25, 0.3) is 11.8 Å². The van der Waals surface area contributed by atoms with Crippen molar-refractivity contribution >= 4 is 27.7 Å². The monoisotopic (exact) mass is 394 g/mol. The Hall–Kier alpha value is -2.92. The lowest BCUT2D eigenvalue weighted by atomic mass is 10.0. The second-order valence-corrected chi connectivity index (χ2v) is 6.19. The van der Waals surface area contributed by atoms with Crippen LogP contribution < -0.4 is 10.9 Å². The number of rotatable bonds is 3. The Morgan fingerprint density at radius 3 is 1.88 bits per heavy atom. The van der Waals surface area contributed by atoms with Crippen molar-refractivity contribution in [2.24, 2.45) is 0 Å². The Morgan fingerprint density at radius 2 is 1.20 bits per heavy atom. The second kappa shape index (κ2) is 7.77. The number of halogens is 1. The molecule has 3 rings (SSSR count). The fraction of sp³-hybridized carbons (Fsp3) is 0. The van der Waals surface area contributed by atoms with Crippen molar-refractivity contribution in [2.75, 3.05) is 0 Å². The Morgan fingerprint density at radius 1 is 0.640 bits per heavy atom. The largest absolute Gasteiger partial charge is 0.270 e. The molecule has 3 aromatic rings. The van der Waals surface area contributed by atoms with Crippen molar-refractivity contribution in [1.29, 1.82) is 0 Å². The second-order valence-electron chi connectivity index (χ2n) is 5.33. The maximum atomic E-state index is 12.2. The van der Waals surface area contributed by atoms with Crippen molar-refractivity contribution in [1.82, 2.24) is 10.9 Å². The molecule has 0 aliphatic rings. The molecule has 0 aromatic heterocycles. The number of carbonyl (C=O) groups is 2. The van der Waals surface area contributed by atoms with Crippen LogP contribution in [0.5, 0.6) is 0 Å². The molecule has 0 radical (unpaired) electrons. The zero-order valence-corrected chi connectivity index (χ0v) is 14.8. The minimum atomic E-state index is -0.387. The number of hydrazine groups is 1. The molecule has 124 valence electrons. The molecule has 0 aliphatic carbocycles. The third-order valence-corrected chi connectivity index (χ3v) is 4.35. The van der Waals surface area contributed by atoms with Crippen LogP contribution in [-0.2, 0) is 0 Å². The Kier molecular flexibility index (Phi) is 5.26. The molecular weight excluding hydrogens is 380 g/mol. The summed E-state index contributed by atoms with van der Waals surface area (Å²) < 4.78 is 0.661. The lowest BCUT2D eigenvalue weighted by Gasteiger charge is -2.09. The number of hydrogen-bond donors (Lipinski definition) is 2. The number of nitrogens with one attached hydrogen (secondary N) is 2. The first-order valence-electron chi connectivity index (χ1n) is 7.66. The first kappa shape index (κ1) is 16.9. The Balaban J connectivity index is 1.64. The maximum Gasteiger partial charge on any atom is 0.270 e. The molecule has 0 saturated carbocycles. The fourth-order valence-electron chi connectivity index (χ4n) is 2.34. The molecule has 0 bridgehead atoms. The maximum absolute atomic E-state index is 12.2. The molecule has 3 aromatic carbocycles. The summed E-state index contributed by atoms with van der Waals surface area (Å²) in [6, 6.07) is 24.1. The molecule has 4 nitrogen and oxygen atoms in total. The summed E-state index contributed by atoms with van der Waals surface area (Å²) in [7, 11) is 0. The zero-order valence-electron chi connectivity index (χ0n) is 13.2. The Bertz CT molecular complexity index is 893. The first-order valence-corrected chi connectivity index (χ1v) is 8.45. The van der Waals surface area contributed by atoms with Gasteiger partial charge in [-0.05, 0) is 51.3 Å². The molecular formula is C20H15BrN2O2. The predicted octanol–water partition coefficient (Wildman–Crippen LogP) is 4.19. The van der Waals surface area contributed by atoms with Crippen LogP contribution in [0.1, 0.15) is 20.7 Å². The highest BCUT2D eigenvalue weighted by Gasteiger charge is 2.11. The van der Waals surface area contributed by atoms with Crippen LogP contribution in [0.25, 0.3) is 11.1 Å². The van der Waals surface area contributed by atoms with E-state index in [-0.39, 0.29) is 11.8 Å². The highest BCUT2D eigenvalue weighted by Crippen LogP contribution is 2.19. The molecule has 0 spiro atoms. The minimum Gasteiger partial charge on any atom is -0.267 e. The Labute approximate surface area is 154 Å². The number of carbonyl (C=O) groups excluding carboxylic acids is 2. The zero-order chi connectivity index (χ0) is 17.6. The SMILES string of the molecule is O=C(NNC(=O)c1ccccc1Br)c1ccc(-c2ccccc2)cc1. The molecule has 0 saturated heterocycles. The quantitative estimate of drug-likeness (QED) is 0.654. The molecule has 0 fully saturated rings. The van der Waals surface area contributed by atoms with Gasteiger partial charge in [0.1, 0.15) is 0 Å². The summed E-state index contributed by atoms with van der Waals surface area (Å²) in [4.78, 5) is 24.3. The van der Waals surface area contributed by atoms with E-state index >= 15 is 0 Å². The van der Waals surface area contributed by atoms with E-state index in [1.54, 1.807) is 30.3 Å². The van der Waals surface area contributed by atoms with Crippen molar-refractivity contribution in [3.05, 3.63) is 94.5 Å². The summed E-state index contributed by atoms with van der Waals surface area (Å²) in [5.74, 6) is -0.762. The third kappa shape index (κ3) is 4.14. The van der Waals surface area contributed by atoms with E-state index in [0.717, 1.165) is 11.1 Å². The molecule has 5 heteroatoms. The molecule has 2 N–H and O–H groups in total. The van der Waals surface area contributed by atoms with Gasteiger partial charge in [0, 0.05) is 10.0 Å². The normalized spacial score (nSPS) is 10.1. The van der Waals surface area contributed by atoms with E-state index in [1.807, 2.05) is 48.5 Å². The highest BCUT2D eigenvalue weighted by atomic mass is 79.9. The average Bonchev–Trinajstić information content (AvgIpc) is 2.67. The van der Waals surface area contributed by atoms with Gasteiger partial charge in [0.15, 0.2) is 0 Å². The third-order valence-electron chi connectivity index (χ3n) is 3.66. The van der Waals surface area contributed by atoms with Gasteiger partial charge in [-0.2, -0.15) is 0 Å². The van der Waals surface area contributed by atoms with Gasteiger partial charge in [0.2, 0.25) is 0 Å². The van der Waals surface area contributed by atoms with Crippen LogP contribution in [0.4, 0.5) is 0 Å². The lowest BCUT2D eigenvalue weighted by molar-refractivity contribution is 0.0846. The minimum absolute atomic E-state index is 0.375. The smallest absolute Gasteiger partial charge is 0.267 e. The van der Waals surface area contributed by atoms with Gasteiger partial charge in [-0.15, -0.1) is 0 Å². The molecule has 0 atom stereocenters. The van der Waals surface area contributed by atoms with Crippen LogP contribution >= 0.6 is 15.9 Å². The van der Waals surface area contributed by atoms with E-state index in [2.05, 4.69) is 26.8 Å². The van der Waals surface area contributed by atoms with Crippen molar-refractivity contribution in [3.63, 3.8) is 0 Å². The summed E-state index contributed by atoms with van der Waals surface area (Å²) in [5, 5.41) is 0. The fourth-order valence-corrected chi connectivity index (χ4v) is 2.81. The van der Waals surface area contributed by atoms with E-state index in [0.29, 0.717) is 15.6 Å². The number of benzene rings is 3. The summed E-state index contributed by atoms with van der Waals surface area (Å²) >= 11 is 3.31. The summed E-state index contributed by atoms with van der Waals surface area (Å²) in [5.41, 5.74) is 7.85. The van der Waals surface area contributed by atoms with E-state index in [1.165, 1.54) is 0 Å². The molecule has 0 unspecified atom stereocenters. The van der Waals surface area contributed by atoms with Crippen LogP contribution in [0.3, 0.4) is 0 Å². The van der Waals surface area contributed by atoms with Crippen molar-refractivity contribution in [2.45, 2.75) is 0 Å². The number of amides is 2. The van der Waals surface area contributed by atoms with Gasteiger partial charge in [-0.1, -0.05) is 54.6 Å². The van der Waals surface area contributed by atoms with Crippen LogP contribution in [0.2, 0.25) is 0 Å². The van der Waals surface area contributed by atoms with Gasteiger partial charge in [0.05, 0.1) is 5.56 Å². The summed E-state index contributed by atoms with van der Waals surface area (Å²) in [6.07, 6.45) is 0. The van der Waals surface area contributed by atoms with Gasteiger partial charge in [-0.3, -0.25) is 20.4 Å². The predicted molar refractivity (Wildman–Crippen MR) is 101 cm³/mol. The van der Waals surface area contributed by atoms with Gasteiger partial charge < -0.3 is 0 Å². The summed E-state index contributed by atoms with van der Waals surface area (Å²) in [6.45, 7) is 0. The highest BCUT2D eigenvalue weighted by molar-refractivity contribution is 9.10. The first-order chi connectivity index (χ1) is 12.1. The van der Waals surface area contributed by atoms with Crippen molar-refractivity contribution < 1.29 is 9.59 Å².